The topological polar surface area (TPSA) is 41.9 Å². The van der Waals surface area contributed by atoms with Crippen LogP contribution >= 0.6 is 35.4 Å². The summed E-state index contributed by atoms with van der Waals surface area (Å²) in [5, 5.41) is 12.9. The van der Waals surface area contributed by atoms with Crippen LogP contribution in [0.2, 0.25) is 10.0 Å². The van der Waals surface area contributed by atoms with Gasteiger partial charge in [0.15, 0.2) is 5.11 Å². The lowest BCUT2D eigenvalue weighted by Gasteiger charge is -2.17. The first-order chi connectivity index (χ1) is 13.3. The number of hydrogen-bond acceptors (Lipinski definition) is 2. The lowest BCUT2D eigenvalue weighted by Crippen LogP contribution is -2.31. The van der Waals surface area contributed by atoms with E-state index < -0.39 is 0 Å². The molecule has 1 aromatic heterocycles. The fourth-order valence-electron chi connectivity index (χ4n) is 3.01. The Bertz CT molecular complexity index is 986. The van der Waals surface area contributed by atoms with Crippen LogP contribution in [0.5, 0.6) is 0 Å². The van der Waals surface area contributed by atoms with Crippen molar-refractivity contribution < 1.29 is 0 Å². The minimum atomic E-state index is 0.105. The van der Waals surface area contributed by atoms with E-state index in [1.165, 1.54) is 5.56 Å². The minimum absolute atomic E-state index is 0.105. The molecule has 0 spiro atoms. The highest BCUT2D eigenvalue weighted by molar-refractivity contribution is 7.80. The van der Waals surface area contributed by atoms with Crippen molar-refractivity contribution in [3.8, 4) is 0 Å². The molecule has 4 nitrogen and oxygen atoms in total. The van der Waals surface area contributed by atoms with Crippen molar-refractivity contribution >= 4 is 46.2 Å². The van der Waals surface area contributed by atoms with Crippen LogP contribution in [0.15, 0.2) is 48.5 Å². The van der Waals surface area contributed by atoms with Gasteiger partial charge < -0.3 is 10.6 Å². The molecule has 0 aliphatic carbocycles. The number of halogens is 2. The first kappa shape index (κ1) is 20.6. The predicted octanol–water partition coefficient (Wildman–Crippen LogP) is 5.90. The number of aryl methyl sites for hydroxylation is 1. The number of hydrogen-bond donors (Lipinski definition) is 2. The van der Waals surface area contributed by atoms with Gasteiger partial charge in [-0.2, -0.15) is 5.10 Å². The summed E-state index contributed by atoms with van der Waals surface area (Å²) >= 11 is 17.6. The number of aromatic nitrogens is 2. The van der Waals surface area contributed by atoms with Gasteiger partial charge in [0.1, 0.15) is 0 Å². The SMILES string of the molecule is Cc1nn(Cc2ccc(Cl)c(Cl)c2)c(C)c1NC(=S)NC(C)c1ccccc1. The molecule has 0 radical (unpaired) electrons. The van der Waals surface area contributed by atoms with Crippen molar-refractivity contribution in [1.29, 1.82) is 0 Å². The summed E-state index contributed by atoms with van der Waals surface area (Å²) in [7, 11) is 0. The molecule has 0 saturated carbocycles. The third kappa shape index (κ3) is 4.85. The maximum Gasteiger partial charge on any atom is 0.171 e. The van der Waals surface area contributed by atoms with Crippen molar-refractivity contribution in [2.75, 3.05) is 5.32 Å². The Hall–Kier alpha value is -2.08. The minimum Gasteiger partial charge on any atom is -0.356 e. The molecule has 0 aliphatic heterocycles. The molecule has 0 saturated heterocycles. The standard InChI is InChI=1S/C21H22Cl2N4S/c1-13(17-7-5-4-6-8-17)24-21(28)25-20-14(2)26-27(15(20)3)12-16-9-10-18(22)19(23)11-16/h4-11,13H,12H2,1-3H3,(H2,24,25,28). The molecule has 3 rings (SSSR count). The van der Waals surface area contributed by atoms with E-state index in [0.29, 0.717) is 21.7 Å². The highest BCUT2D eigenvalue weighted by atomic mass is 35.5. The van der Waals surface area contributed by atoms with Gasteiger partial charge in [0.25, 0.3) is 0 Å². The van der Waals surface area contributed by atoms with E-state index in [1.807, 2.05) is 48.9 Å². The average molecular weight is 433 g/mol. The Morgan fingerprint density at radius 3 is 2.50 bits per heavy atom. The molecule has 0 aliphatic rings. The van der Waals surface area contributed by atoms with E-state index >= 15 is 0 Å². The summed E-state index contributed by atoms with van der Waals surface area (Å²) in [6, 6.07) is 15.9. The van der Waals surface area contributed by atoms with Crippen molar-refractivity contribution in [2.24, 2.45) is 0 Å². The van der Waals surface area contributed by atoms with Gasteiger partial charge in [-0.1, -0.05) is 59.6 Å². The Morgan fingerprint density at radius 1 is 1.11 bits per heavy atom. The molecule has 0 fully saturated rings. The zero-order valence-corrected chi connectivity index (χ0v) is 18.3. The largest absolute Gasteiger partial charge is 0.356 e. The highest BCUT2D eigenvalue weighted by Gasteiger charge is 2.15. The third-order valence-corrected chi connectivity index (χ3v) is 5.54. The number of thiocarbonyl (C=S) groups is 1. The molecule has 3 aromatic rings. The molecular formula is C21H22Cl2N4S. The Labute approximate surface area is 180 Å². The number of nitrogens with one attached hydrogen (secondary N) is 2. The Morgan fingerprint density at radius 2 is 1.82 bits per heavy atom. The fraction of sp³-hybridized carbons (Fsp3) is 0.238. The van der Waals surface area contributed by atoms with Crippen LogP contribution < -0.4 is 10.6 Å². The van der Waals surface area contributed by atoms with Crippen LogP contribution in [0.3, 0.4) is 0 Å². The van der Waals surface area contributed by atoms with Gasteiger partial charge in [0.2, 0.25) is 0 Å². The van der Waals surface area contributed by atoms with E-state index in [2.05, 4.69) is 34.8 Å². The van der Waals surface area contributed by atoms with Gasteiger partial charge in [-0.25, -0.2) is 0 Å². The summed E-state index contributed by atoms with van der Waals surface area (Å²) in [4.78, 5) is 0. The normalized spacial score (nSPS) is 11.9. The second-order valence-corrected chi connectivity index (χ2v) is 7.91. The maximum atomic E-state index is 6.12. The van der Waals surface area contributed by atoms with Crippen molar-refractivity contribution in [1.82, 2.24) is 15.1 Å². The van der Waals surface area contributed by atoms with Gasteiger partial charge in [0, 0.05) is 0 Å². The summed E-state index contributed by atoms with van der Waals surface area (Å²) in [6.45, 7) is 6.66. The summed E-state index contributed by atoms with van der Waals surface area (Å²) in [5.41, 5.74) is 5.01. The van der Waals surface area contributed by atoms with E-state index in [1.54, 1.807) is 6.07 Å². The second kappa shape index (κ2) is 8.95. The first-order valence-electron chi connectivity index (χ1n) is 8.95. The highest BCUT2D eigenvalue weighted by Crippen LogP contribution is 2.25. The molecule has 1 atom stereocenters. The molecule has 1 unspecified atom stereocenters. The van der Waals surface area contributed by atoms with Crippen LogP contribution in [0.1, 0.15) is 35.5 Å². The molecule has 28 heavy (non-hydrogen) atoms. The molecule has 0 amide bonds. The molecule has 0 bridgehead atoms. The first-order valence-corrected chi connectivity index (χ1v) is 10.1. The number of rotatable bonds is 5. The fourth-order valence-corrected chi connectivity index (χ4v) is 3.61. The van der Waals surface area contributed by atoms with E-state index in [-0.39, 0.29) is 6.04 Å². The quantitative estimate of drug-likeness (QED) is 0.492. The summed E-state index contributed by atoms with van der Waals surface area (Å²) < 4.78 is 1.93. The van der Waals surface area contributed by atoms with Crippen molar-refractivity contribution in [3.63, 3.8) is 0 Å². The molecule has 2 N–H and O–H groups in total. The summed E-state index contributed by atoms with van der Waals surface area (Å²) in [5.74, 6) is 0. The molecule has 2 aromatic carbocycles. The lowest BCUT2D eigenvalue weighted by atomic mass is 10.1. The number of anilines is 1. The van der Waals surface area contributed by atoms with Crippen LogP contribution in [0.25, 0.3) is 0 Å². The average Bonchev–Trinajstić information content (AvgIpc) is 2.92. The Kier molecular flexibility index (Phi) is 6.60. The summed E-state index contributed by atoms with van der Waals surface area (Å²) in [6.07, 6.45) is 0. The zero-order valence-electron chi connectivity index (χ0n) is 16.0. The van der Waals surface area contributed by atoms with Gasteiger partial charge in [-0.05, 0) is 56.2 Å². The Balaban J connectivity index is 1.70. The van der Waals surface area contributed by atoms with Crippen LogP contribution in [-0.4, -0.2) is 14.9 Å². The molecule has 146 valence electrons. The lowest BCUT2D eigenvalue weighted by molar-refractivity contribution is 0.659. The van der Waals surface area contributed by atoms with Crippen LogP contribution in [0, 0.1) is 13.8 Å². The van der Waals surface area contributed by atoms with Gasteiger partial charge >= 0.3 is 0 Å². The molecular weight excluding hydrogens is 411 g/mol. The smallest absolute Gasteiger partial charge is 0.171 e. The maximum absolute atomic E-state index is 6.12. The van der Waals surface area contributed by atoms with Crippen molar-refractivity contribution in [3.05, 3.63) is 81.1 Å². The molecule has 1 heterocycles. The number of nitrogens with zero attached hydrogens (tertiary/aromatic N) is 2. The van der Waals surface area contributed by atoms with Gasteiger partial charge in [0.05, 0.1) is 39.7 Å². The number of benzene rings is 2. The van der Waals surface area contributed by atoms with E-state index in [0.717, 1.165) is 22.6 Å². The third-order valence-electron chi connectivity index (χ3n) is 4.58. The molecule has 7 heteroatoms. The second-order valence-electron chi connectivity index (χ2n) is 6.68. The van der Waals surface area contributed by atoms with E-state index in [9.17, 15) is 0 Å². The van der Waals surface area contributed by atoms with Crippen LogP contribution in [0.4, 0.5) is 5.69 Å². The van der Waals surface area contributed by atoms with Crippen molar-refractivity contribution in [2.45, 2.75) is 33.4 Å². The predicted molar refractivity (Wildman–Crippen MR) is 121 cm³/mol. The monoisotopic (exact) mass is 432 g/mol. The van der Waals surface area contributed by atoms with Gasteiger partial charge in [-0.3, -0.25) is 4.68 Å². The zero-order chi connectivity index (χ0) is 20.3. The van der Waals surface area contributed by atoms with E-state index in [4.69, 9.17) is 35.4 Å². The van der Waals surface area contributed by atoms with Crippen LogP contribution in [-0.2, 0) is 6.54 Å². The van der Waals surface area contributed by atoms with Gasteiger partial charge in [-0.15, -0.1) is 0 Å².